The highest BCUT2D eigenvalue weighted by Crippen LogP contribution is 2.35. The number of rotatable bonds is 4. The van der Waals surface area contributed by atoms with Gasteiger partial charge in [0.15, 0.2) is 0 Å². The van der Waals surface area contributed by atoms with Crippen molar-refractivity contribution in [2.45, 2.75) is 38.0 Å². The lowest BCUT2D eigenvalue weighted by Crippen LogP contribution is -2.43. The molecule has 23 heavy (non-hydrogen) atoms. The van der Waals surface area contributed by atoms with Crippen molar-refractivity contribution in [1.29, 1.82) is 0 Å². The Morgan fingerprint density at radius 3 is 2.91 bits per heavy atom. The summed E-state index contributed by atoms with van der Waals surface area (Å²) in [5.41, 5.74) is 0.983. The Morgan fingerprint density at radius 1 is 1.26 bits per heavy atom. The van der Waals surface area contributed by atoms with E-state index in [2.05, 4.69) is 0 Å². The number of hydrogen-bond donors (Lipinski definition) is 1. The summed E-state index contributed by atoms with van der Waals surface area (Å²) < 4.78 is 5.64. The first-order valence-corrected chi connectivity index (χ1v) is 8.37. The molecule has 1 fully saturated rings. The quantitative estimate of drug-likeness (QED) is 0.927. The number of carboxylic acid groups (broad SMARTS) is 1. The molecule has 3 rings (SSSR count). The van der Waals surface area contributed by atoms with E-state index in [0.717, 1.165) is 30.7 Å². The lowest BCUT2D eigenvalue weighted by molar-refractivity contribution is -0.137. The van der Waals surface area contributed by atoms with Crippen molar-refractivity contribution >= 4 is 11.9 Å². The van der Waals surface area contributed by atoms with Crippen LogP contribution in [0.3, 0.4) is 0 Å². The van der Waals surface area contributed by atoms with Crippen LogP contribution < -0.4 is 4.74 Å². The van der Waals surface area contributed by atoms with Crippen molar-refractivity contribution in [3.63, 3.8) is 0 Å². The highest BCUT2D eigenvalue weighted by molar-refractivity contribution is 5.85. The summed E-state index contributed by atoms with van der Waals surface area (Å²) in [4.78, 5) is 25.6. The number of carbonyl (C=O) groups excluding carboxylic acids is 1. The highest BCUT2D eigenvalue weighted by atomic mass is 16.5. The Kier molecular flexibility index (Phi) is 4.84. The summed E-state index contributed by atoms with van der Waals surface area (Å²) in [6.45, 7) is 2.04. The molecule has 0 bridgehead atoms. The Labute approximate surface area is 136 Å². The molecule has 1 saturated heterocycles. The van der Waals surface area contributed by atoms with Crippen LogP contribution in [0.4, 0.5) is 0 Å². The molecule has 1 N–H and O–H groups in total. The fraction of sp³-hybridized carbons (Fsp3) is 0.556. The van der Waals surface area contributed by atoms with Crippen molar-refractivity contribution in [2.24, 2.45) is 5.92 Å². The van der Waals surface area contributed by atoms with Gasteiger partial charge in [0.2, 0.25) is 5.91 Å². The van der Waals surface area contributed by atoms with Crippen LogP contribution in [-0.2, 0) is 9.59 Å². The second-order valence-corrected chi connectivity index (χ2v) is 6.45. The summed E-state index contributed by atoms with van der Waals surface area (Å²) in [6, 6.07) is 7.76. The third-order valence-electron chi connectivity index (χ3n) is 4.85. The van der Waals surface area contributed by atoms with E-state index in [9.17, 15) is 9.59 Å². The number of para-hydroxylation sites is 1. The van der Waals surface area contributed by atoms with Crippen molar-refractivity contribution in [3.8, 4) is 5.75 Å². The van der Waals surface area contributed by atoms with E-state index in [1.54, 1.807) is 0 Å². The molecule has 5 nitrogen and oxygen atoms in total. The van der Waals surface area contributed by atoms with Gasteiger partial charge in [-0.2, -0.15) is 0 Å². The van der Waals surface area contributed by atoms with Crippen molar-refractivity contribution < 1.29 is 19.4 Å². The van der Waals surface area contributed by atoms with Crippen LogP contribution >= 0.6 is 0 Å². The molecule has 1 aromatic rings. The summed E-state index contributed by atoms with van der Waals surface area (Å²) in [7, 11) is 0. The zero-order valence-electron chi connectivity index (χ0n) is 13.2. The zero-order chi connectivity index (χ0) is 16.2. The largest absolute Gasteiger partial charge is 0.493 e. The van der Waals surface area contributed by atoms with Crippen molar-refractivity contribution in [3.05, 3.63) is 29.8 Å². The van der Waals surface area contributed by atoms with Gasteiger partial charge < -0.3 is 14.7 Å². The first kappa shape index (κ1) is 15.8. The van der Waals surface area contributed by atoms with E-state index in [1.807, 2.05) is 29.2 Å². The van der Waals surface area contributed by atoms with Crippen LogP contribution in [-0.4, -0.2) is 41.6 Å². The first-order valence-electron chi connectivity index (χ1n) is 8.37. The highest BCUT2D eigenvalue weighted by Gasteiger charge is 2.33. The molecule has 124 valence electrons. The number of carboxylic acids is 1. The van der Waals surface area contributed by atoms with E-state index < -0.39 is 5.97 Å². The average molecular weight is 317 g/mol. The van der Waals surface area contributed by atoms with E-state index in [-0.39, 0.29) is 18.2 Å². The minimum Gasteiger partial charge on any atom is -0.493 e. The monoisotopic (exact) mass is 317 g/mol. The molecule has 2 aliphatic heterocycles. The fourth-order valence-electron chi connectivity index (χ4n) is 3.65. The molecule has 0 radical (unpaired) electrons. The van der Waals surface area contributed by atoms with Crippen LogP contribution in [0.25, 0.3) is 0 Å². The number of carbonyl (C=O) groups is 2. The van der Waals surface area contributed by atoms with Gasteiger partial charge in [0.25, 0.3) is 0 Å². The van der Waals surface area contributed by atoms with Crippen LogP contribution in [0, 0.1) is 5.92 Å². The summed E-state index contributed by atoms with van der Waals surface area (Å²) >= 11 is 0. The summed E-state index contributed by atoms with van der Waals surface area (Å²) in [5.74, 6) is 0.404. The Bertz CT molecular complexity index is 586. The molecule has 0 aromatic heterocycles. The third-order valence-corrected chi connectivity index (χ3v) is 4.85. The van der Waals surface area contributed by atoms with Gasteiger partial charge in [-0.1, -0.05) is 18.2 Å². The fourth-order valence-corrected chi connectivity index (χ4v) is 3.65. The smallest absolute Gasteiger partial charge is 0.303 e. The lowest BCUT2D eigenvalue weighted by Gasteiger charge is -2.36. The van der Waals surface area contributed by atoms with Gasteiger partial charge in [0.1, 0.15) is 5.75 Å². The molecule has 2 heterocycles. The van der Waals surface area contributed by atoms with Gasteiger partial charge >= 0.3 is 5.97 Å². The maximum atomic E-state index is 13.0. The number of fused-ring (bicyclic) bond motifs is 1. The van der Waals surface area contributed by atoms with Gasteiger partial charge in [-0.25, -0.2) is 0 Å². The Balaban J connectivity index is 1.67. The van der Waals surface area contributed by atoms with E-state index in [4.69, 9.17) is 9.84 Å². The molecule has 1 amide bonds. The summed E-state index contributed by atoms with van der Waals surface area (Å²) in [6.07, 6.45) is 3.53. The molecule has 0 aliphatic carbocycles. The summed E-state index contributed by atoms with van der Waals surface area (Å²) in [5, 5.41) is 8.84. The predicted octanol–water partition coefficient (Wildman–Crippen LogP) is 2.66. The second kappa shape index (κ2) is 7.02. The van der Waals surface area contributed by atoms with E-state index >= 15 is 0 Å². The number of aliphatic carboxylic acids is 1. The number of hydrogen-bond acceptors (Lipinski definition) is 3. The molecule has 1 aromatic carbocycles. The predicted molar refractivity (Wildman–Crippen MR) is 85.5 cm³/mol. The van der Waals surface area contributed by atoms with Crippen LogP contribution in [0.2, 0.25) is 0 Å². The number of piperidine rings is 1. The van der Waals surface area contributed by atoms with Crippen molar-refractivity contribution in [1.82, 2.24) is 4.90 Å². The van der Waals surface area contributed by atoms with Crippen molar-refractivity contribution in [2.75, 3.05) is 19.7 Å². The molecular weight excluding hydrogens is 294 g/mol. The van der Waals surface area contributed by atoms with E-state index in [0.29, 0.717) is 31.9 Å². The first-order chi connectivity index (χ1) is 11.1. The van der Waals surface area contributed by atoms with E-state index in [1.165, 1.54) is 0 Å². The molecule has 0 spiro atoms. The molecule has 2 aliphatic rings. The van der Waals surface area contributed by atoms with Crippen LogP contribution in [0.15, 0.2) is 24.3 Å². The lowest BCUT2D eigenvalue weighted by atomic mass is 9.89. The molecular formula is C18H23NO4. The minimum atomic E-state index is -0.758. The maximum Gasteiger partial charge on any atom is 0.303 e. The molecule has 0 unspecified atom stereocenters. The van der Waals surface area contributed by atoms with Gasteiger partial charge in [0.05, 0.1) is 12.5 Å². The van der Waals surface area contributed by atoms with Gasteiger partial charge in [0, 0.05) is 25.1 Å². The number of amides is 1. The van der Waals surface area contributed by atoms with Crippen LogP contribution in [0.1, 0.15) is 43.6 Å². The topological polar surface area (TPSA) is 66.8 Å². The standard InChI is InChI=1S/C18H23NO4/c20-17(21)8-7-13-4-3-10-19(12-13)18(22)15-9-11-23-16-6-2-1-5-14(15)16/h1-2,5-6,13,15H,3-4,7-12H2,(H,20,21)/t13-,15-/m1/s1. The maximum absolute atomic E-state index is 13.0. The minimum absolute atomic E-state index is 0.127. The third kappa shape index (κ3) is 3.66. The normalized spacial score (nSPS) is 23.7. The molecule has 0 saturated carbocycles. The number of benzene rings is 1. The number of ether oxygens (including phenoxy) is 1. The number of nitrogens with zero attached hydrogens (tertiary/aromatic N) is 1. The molecule has 2 atom stereocenters. The average Bonchev–Trinajstić information content (AvgIpc) is 2.59. The Hall–Kier alpha value is -2.04. The molecule has 5 heteroatoms. The van der Waals surface area contributed by atoms with Crippen LogP contribution in [0.5, 0.6) is 5.75 Å². The number of likely N-dealkylation sites (tertiary alicyclic amines) is 1. The second-order valence-electron chi connectivity index (χ2n) is 6.45. The van der Waals surface area contributed by atoms with Gasteiger partial charge in [-0.3, -0.25) is 9.59 Å². The Morgan fingerprint density at radius 2 is 2.09 bits per heavy atom. The SMILES string of the molecule is O=C(O)CC[C@H]1CCCN(C(=O)[C@@H]2CCOc3ccccc32)C1. The van der Waals surface area contributed by atoms with Gasteiger partial charge in [-0.15, -0.1) is 0 Å². The zero-order valence-corrected chi connectivity index (χ0v) is 13.2. The van der Waals surface area contributed by atoms with Gasteiger partial charge in [-0.05, 0) is 37.7 Å².